The second-order valence-electron chi connectivity index (χ2n) is 21.6. The summed E-state index contributed by atoms with van der Waals surface area (Å²) >= 11 is 0. The second-order valence-corrected chi connectivity index (χ2v) is 21.6. The molecule has 416 valence electrons. The van der Waals surface area contributed by atoms with Crippen molar-refractivity contribution in [2.24, 2.45) is 4.99 Å². The average molecular weight is 1300 g/mol. The maximum absolute atomic E-state index is 12.9. The van der Waals surface area contributed by atoms with Crippen molar-refractivity contribution < 1.29 is 59.6 Å². The van der Waals surface area contributed by atoms with E-state index in [1.807, 2.05) is 123 Å². The number of aromatic nitrogens is 6. The Balaban J connectivity index is 0.000000161. The Bertz CT molecular complexity index is 3730. The predicted octanol–water partition coefficient (Wildman–Crippen LogP) is 15.1. The minimum absolute atomic E-state index is 0. The summed E-state index contributed by atoms with van der Waals surface area (Å²) in [6.45, 7) is 18.0. The molecular formula is C60H49F9IrN12+5. The number of nitrogens with zero attached hydrogens (tertiary/aromatic N) is 12. The number of para-hydroxylation sites is 2. The molecule has 0 N–H and O–H groups in total. The van der Waals surface area contributed by atoms with Crippen LogP contribution >= 0.6 is 0 Å². The third-order valence-corrected chi connectivity index (χ3v) is 12.2. The molecule has 11 rings (SSSR count). The van der Waals surface area contributed by atoms with Gasteiger partial charge in [-0.15, -0.1) is 50.5 Å². The van der Waals surface area contributed by atoms with Gasteiger partial charge in [-0.3, -0.25) is 0 Å². The Kier molecular flexibility index (Phi) is 16.3. The van der Waals surface area contributed by atoms with Gasteiger partial charge in [-0.05, 0) is 70.8 Å². The summed E-state index contributed by atoms with van der Waals surface area (Å²) in [5.74, 6) is 3.17. The van der Waals surface area contributed by atoms with E-state index in [0.29, 0.717) is 63.4 Å². The van der Waals surface area contributed by atoms with Gasteiger partial charge < -0.3 is 0 Å². The molecule has 0 atom stereocenters. The van der Waals surface area contributed by atoms with Crippen molar-refractivity contribution in [2.75, 3.05) is 0 Å². The number of alkyl halides is 9. The van der Waals surface area contributed by atoms with Crippen LogP contribution in [0.2, 0.25) is 0 Å². The van der Waals surface area contributed by atoms with Crippen molar-refractivity contribution in [2.45, 2.75) is 97.1 Å². The smallest absolute Gasteiger partial charge is 0.212 e. The Morgan fingerprint density at radius 3 is 1.11 bits per heavy atom. The van der Waals surface area contributed by atoms with Crippen LogP contribution in [0.3, 0.4) is 0 Å². The average Bonchev–Trinajstić information content (AvgIpc) is 4.33. The van der Waals surface area contributed by atoms with Crippen LogP contribution < -0.4 is 22.9 Å². The molecule has 22 heteroatoms. The summed E-state index contributed by atoms with van der Waals surface area (Å²) in [6.07, 6.45) is -8.15. The molecule has 0 saturated carbocycles. The number of hydrogen-bond donors (Lipinski definition) is 0. The summed E-state index contributed by atoms with van der Waals surface area (Å²) in [7, 11) is 0. The van der Waals surface area contributed by atoms with E-state index in [0.717, 1.165) is 53.5 Å². The molecule has 6 heterocycles. The number of fused-ring (bicyclic) bond motifs is 3. The van der Waals surface area contributed by atoms with Crippen molar-refractivity contribution in [3.05, 3.63) is 186 Å². The van der Waals surface area contributed by atoms with Gasteiger partial charge in [-0.25, -0.2) is 15.0 Å². The fraction of sp³-hybridized carbons (Fsp3) is 0.250. The van der Waals surface area contributed by atoms with Gasteiger partial charge in [0.15, 0.2) is 11.4 Å². The van der Waals surface area contributed by atoms with Gasteiger partial charge in [0.2, 0.25) is 6.01 Å². The first-order valence-electron chi connectivity index (χ1n) is 24.9. The topological polar surface area (TPSA) is 105 Å². The fourth-order valence-electron chi connectivity index (χ4n) is 7.86. The first kappa shape index (κ1) is 59.6. The molecule has 0 fully saturated rings. The molecule has 0 spiro atoms. The van der Waals surface area contributed by atoms with Crippen molar-refractivity contribution in [3.63, 3.8) is 0 Å². The SMILES string of the molecule is CC(C)(C)c1cnc2c(n1)[N+](c1[c-]cc(C(F)(F)F)cc1)=C=N2.CC(C)(C)c1ncc2c(n1)[N+](c1[c-]cc(C(F)(F)F)cc1)=C=[N+]2c1ccccc1.CC(C)(C)c1ncc2c(n1)[N+](c1[c-]cc(C(F)(F)F)cc1)=C=[N+]2c1ccccc1.[Ir+3]. The molecule has 3 aliphatic heterocycles. The number of rotatable bonds is 5. The van der Waals surface area contributed by atoms with Crippen molar-refractivity contribution >= 4 is 81.1 Å². The maximum atomic E-state index is 12.9. The van der Waals surface area contributed by atoms with Gasteiger partial charge in [-0.1, -0.05) is 83.0 Å². The fourth-order valence-corrected chi connectivity index (χ4v) is 7.86. The molecule has 0 saturated heterocycles. The molecule has 0 bridgehead atoms. The third kappa shape index (κ3) is 13.0. The molecule has 12 nitrogen and oxygen atoms in total. The quantitative estimate of drug-likeness (QED) is 0.0966. The van der Waals surface area contributed by atoms with Crippen LogP contribution in [0.5, 0.6) is 0 Å². The Morgan fingerprint density at radius 2 is 0.780 bits per heavy atom. The first-order valence-corrected chi connectivity index (χ1v) is 24.9. The molecular weight excluding hydrogens is 1250 g/mol. The monoisotopic (exact) mass is 1300 g/mol. The zero-order valence-corrected chi connectivity index (χ0v) is 47.7. The van der Waals surface area contributed by atoms with E-state index in [-0.39, 0.29) is 36.4 Å². The summed E-state index contributed by atoms with van der Waals surface area (Å²) < 4.78 is 124. The van der Waals surface area contributed by atoms with Gasteiger partial charge >= 0.3 is 85.3 Å². The Hall–Kier alpha value is -8.50. The van der Waals surface area contributed by atoms with Gasteiger partial charge in [0, 0.05) is 21.1 Å². The van der Waals surface area contributed by atoms with Crippen molar-refractivity contribution in [1.29, 1.82) is 0 Å². The largest absolute Gasteiger partial charge is 3.00 e. The van der Waals surface area contributed by atoms with Crippen LogP contribution in [-0.2, 0) is 54.9 Å². The molecule has 0 aliphatic carbocycles. The van der Waals surface area contributed by atoms with E-state index in [9.17, 15) is 39.5 Å². The number of aliphatic imine (C=N–C) groups is 1. The number of benzene rings is 5. The molecule has 0 unspecified atom stereocenters. The van der Waals surface area contributed by atoms with Gasteiger partial charge in [0.1, 0.15) is 5.69 Å². The molecule has 3 aromatic heterocycles. The van der Waals surface area contributed by atoms with Crippen LogP contribution in [0.4, 0.5) is 103 Å². The predicted molar refractivity (Wildman–Crippen MR) is 290 cm³/mol. The summed E-state index contributed by atoms with van der Waals surface area (Å²) in [4.78, 5) is 31.1. The summed E-state index contributed by atoms with van der Waals surface area (Å²) in [6, 6.07) is 46.0. The first-order chi connectivity index (χ1) is 37.9. The zero-order valence-electron chi connectivity index (χ0n) is 45.3. The van der Waals surface area contributed by atoms with Gasteiger partial charge in [0.05, 0.1) is 40.8 Å². The van der Waals surface area contributed by atoms with Crippen molar-refractivity contribution in [3.8, 4) is 0 Å². The van der Waals surface area contributed by atoms with E-state index >= 15 is 0 Å². The normalized spacial score (nSPS) is 13.6. The molecule has 5 aromatic carbocycles. The van der Waals surface area contributed by atoms with Gasteiger partial charge in [-0.2, -0.15) is 80.5 Å². The number of halogens is 9. The minimum atomic E-state index is -4.41. The van der Waals surface area contributed by atoms with Crippen LogP contribution in [0.15, 0.2) is 139 Å². The maximum Gasteiger partial charge on any atom is 3.00 e. The standard InChI is InChI=1S/2C22H18F3N4.C16H13F3N4.Ir/c2*1-21(2,3)20-26-13-18-19(27-20)29(14-28(18)16-7-5-4-6-8-16)17-11-9-15(10-12-17)22(23,24)25;1-15(2,3)12-8-20-13-14(22-12)23(9-21-13)11-6-4-10(5-7-11)16(17,18)19;/h2*4-11,13H,1-3H3;4-6,8H,1-3H3;/q2*+1;;+3. The van der Waals surface area contributed by atoms with E-state index in [1.165, 1.54) is 22.8 Å². The Morgan fingerprint density at radius 1 is 0.402 bits per heavy atom. The second kappa shape index (κ2) is 22.4. The van der Waals surface area contributed by atoms with Crippen LogP contribution in [0, 0.1) is 18.2 Å². The van der Waals surface area contributed by atoms with Crippen LogP contribution in [-0.4, -0.2) is 47.9 Å². The van der Waals surface area contributed by atoms with E-state index < -0.39 is 35.2 Å². The zero-order chi connectivity index (χ0) is 58.5. The molecule has 82 heavy (non-hydrogen) atoms. The summed E-state index contributed by atoms with van der Waals surface area (Å²) in [5.41, 5.74) is 1.99. The minimum Gasteiger partial charge on any atom is -0.212 e. The van der Waals surface area contributed by atoms with Gasteiger partial charge in [0.25, 0.3) is 11.6 Å². The molecule has 3 aliphatic rings. The molecule has 8 aromatic rings. The Labute approximate surface area is 479 Å². The van der Waals surface area contributed by atoms with Crippen LogP contribution in [0.1, 0.15) is 96.3 Å². The third-order valence-electron chi connectivity index (χ3n) is 12.2. The van der Waals surface area contributed by atoms with E-state index in [4.69, 9.17) is 9.97 Å². The number of hydrogen-bond acceptors (Lipinski definition) is 7. The molecule has 0 amide bonds. The molecule has 0 radical (unpaired) electrons. The summed E-state index contributed by atoms with van der Waals surface area (Å²) in [5, 5.41) is 0. The van der Waals surface area contributed by atoms with Crippen molar-refractivity contribution in [1.82, 2.24) is 52.8 Å². The van der Waals surface area contributed by atoms with E-state index in [1.54, 1.807) is 36.9 Å². The van der Waals surface area contributed by atoms with Crippen LogP contribution in [0.25, 0.3) is 0 Å². The van der Waals surface area contributed by atoms with E-state index in [2.05, 4.69) is 61.2 Å².